The van der Waals surface area contributed by atoms with Gasteiger partial charge >= 0.3 is 0 Å². The Morgan fingerprint density at radius 3 is 2.50 bits per heavy atom. The summed E-state index contributed by atoms with van der Waals surface area (Å²) < 4.78 is 5.11. The second-order valence-corrected chi connectivity index (χ2v) is 2.91. The van der Waals surface area contributed by atoms with Crippen LogP contribution in [0.1, 0.15) is 13.8 Å². The zero-order chi connectivity index (χ0) is 9.14. The largest absolute Gasteiger partial charge is 0.377 e. The van der Waals surface area contributed by atoms with Crippen LogP contribution in [0.5, 0.6) is 0 Å². The molecule has 1 rings (SSSR count). The fraction of sp³-hybridized carbons (Fsp3) is 0.750. The zero-order valence-corrected chi connectivity index (χ0v) is 7.37. The first-order valence-corrected chi connectivity index (χ1v) is 3.98. The van der Waals surface area contributed by atoms with Gasteiger partial charge in [-0.3, -0.25) is 9.59 Å². The molecule has 0 spiro atoms. The van der Waals surface area contributed by atoms with Crippen molar-refractivity contribution in [3.05, 3.63) is 0 Å². The van der Waals surface area contributed by atoms with Crippen molar-refractivity contribution in [2.24, 2.45) is 0 Å². The Balaban J connectivity index is 2.67. The maximum absolute atomic E-state index is 11.0. The minimum Gasteiger partial charge on any atom is -0.377 e. The van der Waals surface area contributed by atoms with Crippen molar-refractivity contribution in [3.63, 3.8) is 0 Å². The van der Waals surface area contributed by atoms with Crippen LogP contribution in [-0.2, 0) is 14.3 Å². The van der Waals surface area contributed by atoms with Crippen LogP contribution in [0.3, 0.4) is 0 Å². The van der Waals surface area contributed by atoms with Gasteiger partial charge in [0.05, 0.1) is 13.2 Å². The first-order chi connectivity index (χ1) is 5.63. The van der Waals surface area contributed by atoms with E-state index in [2.05, 4.69) is 0 Å². The normalized spacial score (nSPS) is 23.8. The van der Waals surface area contributed by atoms with Crippen molar-refractivity contribution in [2.75, 3.05) is 19.8 Å². The van der Waals surface area contributed by atoms with E-state index in [1.54, 1.807) is 4.90 Å². The molecule has 0 aromatic carbocycles. The minimum atomic E-state index is -0.365. The van der Waals surface area contributed by atoms with Crippen molar-refractivity contribution < 1.29 is 14.3 Å². The fourth-order valence-corrected chi connectivity index (χ4v) is 1.32. The zero-order valence-electron chi connectivity index (χ0n) is 7.37. The summed E-state index contributed by atoms with van der Waals surface area (Å²) >= 11 is 0. The number of hydrogen-bond donors (Lipinski definition) is 0. The fourth-order valence-electron chi connectivity index (χ4n) is 1.32. The molecular weight excluding hydrogens is 158 g/mol. The molecule has 1 aliphatic heterocycles. The lowest BCUT2D eigenvalue weighted by Crippen LogP contribution is -2.51. The molecule has 0 N–H and O–H groups in total. The lowest BCUT2D eigenvalue weighted by Gasteiger charge is -2.33. The SMILES string of the molecule is CC(=O)[C@@H]1COCCN1C(C)=O. The van der Waals surface area contributed by atoms with Crippen molar-refractivity contribution >= 4 is 11.7 Å². The molecule has 12 heavy (non-hydrogen) atoms. The Labute approximate surface area is 71.5 Å². The van der Waals surface area contributed by atoms with E-state index in [0.29, 0.717) is 19.8 Å². The van der Waals surface area contributed by atoms with Crippen LogP contribution in [0, 0.1) is 0 Å². The molecule has 0 aromatic heterocycles. The highest BCUT2D eigenvalue weighted by atomic mass is 16.5. The maximum Gasteiger partial charge on any atom is 0.220 e. The van der Waals surface area contributed by atoms with Gasteiger partial charge in [0.2, 0.25) is 5.91 Å². The lowest BCUT2D eigenvalue weighted by molar-refractivity contribution is -0.144. The molecule has 0 unspecified atom stereocenters. The van der Waals surface area contributed by atoms with Crippen LogP contribution in [-0.4, -0.2) is 42.4 Å². The number of nitrogens with zero attached hydrogens (tertiary/aromatic N) is 1. The summed E-state index contributed by atoms with van der Waals surface area (Å²) in [5, 5.41) is 0. The third kappa shape index (κ3) is 1.82. The molecule has 0 aromatic rings. The van der Waals surface area contributed by atoms with E-state index in [9.17, 15) is 9.59 Å². The van der Waals surface area contributed by atoms with Crippen molar-refractivity contribution in [3.8, 4) is 0 Å². The Morgan fingerprint density at radius 1 is 1.42 bits per heavy atom. The molecule has 1 saturated heterocycles. The van der Waals surface area contributed by atoms with Crippen molar-refractivity contribution in [1.29, 1.82) is 0 Å². The molecule has 1 fully saturated rings. The summed E-state index contributed by atoms with van der Waals surface area (Å²) in [5.41, 5.74) is 0. The van der Waals surface area contributed by atoms with Gasteiger partial charge in [-0.15, -0.1) is 0 Å². The highest BCUT2D eigenvalue weighted by Crippen LogP contribution is 2.07. The van der Waals surface area contributed by atoms with Crippen LogP contribution in [0.25, 0.3) is 0 Å². The Kier molecular flexibility index (Phi) is 2.81. The predicted molar refractivity (Wildman–Crippen MR) is 42.7 cm³/mol. The number of morpholine rings is 1. The molecule has 0 saturated carbocycles. The van der Waals surface area contributed by atoms with Gasteiger partial charge in [0.1, 0.15) is 6.04 Å². The van der Waals surface area contributed by atoms with E-state index in [1.807, 2.05) is 0 Å². The van der Waals surface area contributed by atoms with Crippen LogP contribution in [0.2, 0.25) is 0 Å². The van der Waals surface area contributed by atoms with Gasteiger partial charge in [-0.25, -0.2) is 0 Å². The average Bonchev–Trinajstić information content (AvgIpc) is 2.04. The minimum absolute atomic E-state index is 0.00935. The first kappa shape index (κ1) is 9.19. The maximum atomic E-state index is 11.0. The number of Topliss-reactive ketones (excluding diaryl/α,β-unsaturated/α-hetero) is 1. The molecule has 1 amide bonds. The van der Waals surface area contributed by atoms with E-state index in [-0.39, 0.29) is 17.7 Å². The first-order valence-electron chi connectivity index (χ1n) is 3.98. The molecule has 4 heteroatoms. The van der Waals surface area contributed by atoms with E-state index in [4.69, 9.17) is 4.74 Å². The second-order valence-electron chi connectivity index (χ2n) is 2.91. The molecule has 1 aliphatic rings. The predicted octanol–water partition coefficient (Wildman–Crippen LogP) is -0.177. The summed E-state index contributed by atoms with van der Waals surface area (Å²) in [7, 11) is 0. The molecule has 0 aliphatic carbocycles. The van der Waals surface area contributed by atoms with Gasteiger partial charge in [0.25, 0.3) is 0 Å². The highest BCUT2D eigenvalue weighted by molar-refractivity contribution is 5.87. The highest BCUT2D eigenvalue weighted by Gasteiger charge is 2.28. The summed E-state index contributed by atoms with van der Waals surface area (Å²) in [6.07, 6.45) is 0. The topological polar surface area (TPSA) is 46.6 Å². The molecule has 1 atom stereocenters. The van der Waals surface area contributed by atoms with Crippen molar-refractivity contribution in [2.45, 2.75) is 19.9 Å². The van der Waals surface area contributed by atoms with Gasteiger partial charge in [0, 0.05) is 13.5 Å². The van der Waals surface area contributed by atoms with E-state index in [0.717, 1.165) is 0 Å². The third-order valence-corrected chi connectivity index (χ3v) is 2.00. The van der Waals surface area contributed by atoms with Crippen LogP contribution >= 0.6 is 0 Å². The van der Waals surface area contributed by atoms with Gasteiger partial charge < -0.3 is 9.64 Å². The molecule has 68 valence electrons. The van der Waals surface area contributed by atoms with Gasteiger partial charge in [-0.05, 0) is 6.92 Å². The van der Waals surface area contributed by atoms with Gasteiger partial charge in [-0.1, -0.05) is 0 Å². The molecule has 0 radical (unpaired) electrons. The van der Waals surface area contributed by atoms with Crippen LogP contribution in [0.4, 0.5) is 0 Å². The van der Waals surface area contributed by atoms with Gasteiger partial charge in [0.15, 0.2) is 5.78 Å². The van der Waals surface area contributed by atoms with Crippen LogP contribution < -0.4 is 0 Å². The quantitative estimate of drug-likeness (QED) is 0.550. The summed E-state index contributed by atoms with van der Waals surface area (Å²) in [6, 6.07) is -0.365. The lowest BCUT2D eigenvalue weighted by atomic mass is 10.1. The molecular formula is C8H13NO3. The summed E-state index contributed by atoms with van der Waals surface area (Å²) in [5.74, 6) is -0.0663. The number of ketones is 1. The number of amides is 1. The standard InChI is InChI=1S/C8H13NO3/c1-6(10)8-5-12-4-3-9(8)7(2)11/h8H,3-5H2,1-2H3/t8-/m0/s1. The second kappa shape index (κ2) is 3.67. The summed E-state index contributed by atoms with van der Waals surface area (Å²) in [4.78, 5) is 23.6. The number of ether oxygens (including phenoxy) is 1. The number of hydrogen-bond acceptors (Lipinski definition) is 3. The molecule has 1 heterocycles. The van der Waals surface area contributed by atoms with Crippen LogP contribution in [0.15, 0.2) is 0 Å². The van der Waals surface area contributed by atoms with Crippen molar-refractivity contribution in [1.82, 2.24) is 4.90 Å². The third-order valence-electron chi connectivity index (χ3n) is 2.00. The number of carbonyl (C=O) groups is 2. The molecule has 0 bridgehead atoms. The van der Waals surface area contributed by atoms with Gasteiger partial charge in [-0.2, -0.15) is 0 Å². The monoisotopic (exact) mass is 171 g/mol. The Bertz CT molecular complexity index is 180. The summed E-state index contributed by atoms with van der Waals surface area (Å²) in [6.45, 7) is 4.36. The average molecular weight is 171 g/mol. The van der Waals surface area contributed by atoms with E-state index < -0.39 is 0 Å². The smallest absolute Gasteiger partial charge is 0.220 e. The van der Waals surface area contributed by atoms with E-state index in [1.165, 1.54) is 13.8 Å². The molecule has 4 nitrogen and oxygen atoms in total. The number of carbonyl (C=O) groups excluding carboxylic acids is 2. The van der Waals surface area contributed by atoms with E-state index >= 15 is 0 Å². The number of rotatable bonds is 1. The Morgan fingerprint density at radius 2 is 2.08 bits per heavy atom. The Hall–Kier alpha value is -0.900.